The van der Waals surface area contributed by atoms with Gasteiger partial charge in [-0.15, -0.1) is 0 Å². The third kappa shape index (κ3) is 9.29. The molecule has 0 saturated heterocycles. The van der Waals surface area contributed by atoms with E-state index in [1.807, 2.05) is 0 Å². The fourth-order valence-electron chi connectivity index (χ4n) is 0.809. The highest BCUT2D eigenvalue weighted by atomic mass is 16.4. The standard InChI is InChI=1S/C6H14BNO4.H3N/c8-5(6(9)10)3-1-2-4-7(11)12;/h5,11-12H,1-4,8H2,(H,9,10);1H3/t5-;/m0./s1. The maximum atomic E-state index is 10.1. The number of nitrogens with two attached hydrogens (primary N) is 1. The van der Waals surface area contributed by atoms with Gasteiger partial charge in [-0.05, 0) is 12.7 Å². The Hall–Kier alpha value is -0.625. The van der Waals surface area contributed by atoms with Gasteiger partial charge in [-0.1, -0.05) is 12.8 Å². The second-order valence-corrected chi connectivity index (χ2v) is 2.69. The molecule has 6 nitrogen and oxygen atoms in total. The summed E-state index contributed by atoms with van der Waals surface area (Å²) in [7, 11) is -1.32. The minimum absolute atomic E-state index is 0. The molecule has 0 aromatic heterocycles. The van der Waals surface area contributed by atoms with E-state index in [0.717, 1.165) is 0 Å². The van der Waals surface area contributed by atoms with Crippen molar-refractivity contribution in [2.24, 2.45) is 5.73 Å². The van der Waals surface area contributed by atoms with Crippen LogP contribution in [0.25, 0.3) is 0 Å². The Labute approximate surface area is 77.5 Å². The summed E-state index contributed by atoms with van der Waals surface area (Å²) in [6.45, 7) is 0. The van der Waals surface area contributed by atoms with Gasteiger partial charge >= 0.3 is 7.12 Å². The van der Waals surface area contributed by atoms with E-state index in [0.29, 0.717) is 19.3 Å². The summed E-state index contributed by atoms with van der Waals surface area (Å²) in [4.78, 5) is 10.1. The summed E-state index contributed by atoms with van der Waals surface area (Å²) >= 11 is 0. The average molecular weight is 192 g/mol. The number of rotatable bonds is 6. The smallest absolute Gasteiger partial charge is 0.451 e. The van der Waals surface area contributed by atoms with Gasteiger partial charge in [0.1, 0.15) is 0 Å². The Morgan fingerprint density at radius 1 is 1.46 bits per heavy atom. The lowest BCUT2D eigenvalue weighted by atomic mass is 9.83. The zero-order chi connectivity index (χ0) is 9.56. The second kappa shape index (κ2) is 8.00. The predicted octanol–water partition coefficient (Wildman–Crippen LogP) is -1.92. The van der Waals surface area contributed by atoms with Crippen molar-refractivity contribution in [1.29, 1.82) is 0 Å². The van der Waals surface area contributed by atoms with Crippen LogP contribution in [-0.4, -0.2) is 29.2 Å². The van der Waals surface area contributed by atoms with Crippen molar-refractivity contribution in [2.75, 3.05) is 0 Å². The Morgan fingerprint density at radius 3 is 2.38 bits per heavy atom. The minimum Gasteiger partial charge on any atom is -0.548 e. The van der Waals surface area contributed by atoms with Gasteiger partial charge in [-0.2, -0.15) is 0 Å². The van der Waals surface area contributed by atoms with Crippen LogP contribution in [0.3, 0.4) is 0 Å². The number of unbranched alkanes of at least 4 members (excludes halogenated alkanes) is 1. The first-order valence-corrected chi connectivity index (χ1v) is 3.86. The van der Waals surface area contributed by atoms with E-state index in [2.05, 4.69) is 0 Å². The van der Waals surface area contributed by atoms with Crippen LogP contribution in [0.1, 0.15) is 19.3 Å². The van der Waals surface area contributed by atoms with Crippen LogP contribution < -0.4 is 17.0 Å². The van der Waals surface area contributed by atoms with E-state index in [1.54, 1.807) is 0 Å². The first-order chi connectivity index (χ1) is 5.54. The molecule has 0 spiro atoms. The number of aliphatic carboxylic acids is 1. The molecule has 0 heterocycles. The number of carboxylic acids is 1. The van der Waals surface area contributed by atoms with E-state index >= 15 is 0 Å². The van der Waals surface area contributed by atoms with Crippen molar-refractivity contribution in [3.8, 4) is 0 Å². The Kier molecular flexibility index (Phi) is 9.15. The van der Waals surface area contributed by atoms with Crippen LogP contribution in [0.2, 0.25) is 6.32 Å². The zero-order valence-electron chi connectivity index (χ0n) is 7.77. The summed E-state index contributed by atoms with van der Waals surface area (Å²) in [6.07, 6.45) is 1.68. The van der Waals surface area contributed by atoms with Crippen molar-refractivity contribution >= 4 is 13.1 Å². The zero-order valence-corrected chi connectivity index (χ0v) is 7.77. The molecule has 0 aliphatic carbocycles. The molecular formula is C6H17BN2O4. The fraction of sp³-hybridized carbons (Fsp3) is 0.833. The van der Waals surface area contributed by atoms with Gasteiger partial charge in [0.25, 0.3) is 0 Å². The average Bonchev–Trinajstić information content (AvgIpc) is 1.97. The molecule has 8 N–H and O–H groups in total. The molecule has 0 unspecified atom stereocenters. The monoisotopic (exact) mass is 192 g/mol. The number of carbonyl (C=O) groups excluding carboxylic acids is 1. The molecule has 0 aliphatic heterocycles. The van der Waals surface area contributed by atoms with Crippen molar-refractivity contribution in [2.45, 2.75) is 31.6 Å². The topological polar surface area (TPSA) is 143 Å². The minimum atomic E-state index is -1.32. The van der Waals surface area contributed by atoms with E-state index in [4.69, 9.17) is 15.8 Å². The SMILES string of the molecule is N[C@@H](CCCCB(O)O)C(=O)[O-].[NH4+]. The summed E-state index contributed by atoms with van der Waals surface area (Å²) in [5, 5.41) is 26.9. The summed E-state index contributed by atoms with van der Waals surface area (Å²) < 4.78 is 0. The molecule has 0 bridgehead atoms. The first kappa shape index (κ1) is 14.9. The van der Waals surface area contributed by atoms with E-state index in [-0.39, 0.29) is 12.5 Å². The highest BCUT2D eigenvalue weighted by Crippen LogP contribution is 2.03. The summed E-state index contributed by atoms with van der Waals surface area (Å²) in [5.74, 6) is -1.26. The quantitative estimate of drug-likeness (QED) is 0.286. The molecule has 0 fully saturated rings. The Balaban J connectivity index is 0. The second-order valence-electron chi connectivity index (χ2n) is 2.69. The van der Waals surface area contributed by atoms with Crippen LogP contribution >= 0.6 is 0 Å². The highest BCUT2D eigenvalue weighted by molar-refractivity contribution is 6.40. The van der Waals surface area contributed by atoms with Crippen molar-refractivity contribution in [3.63, 3.8) is 0 Å². The first-order valence-electron chi connectivity index (χ1n) is 3.86. The molecule has 7 heteroatoms. The van der Waals surface area contributed by atoms with Gasteiger partial charge in [0.2, 0.25) is 0 Å². The van der Waals surface area contributed by atoms with Gasteiger partial charge in [0.05, 0.1) is 5.97 Å². The van der Waals surface area contributed by atoms with Crippen LogP contribution in [-0.2, 0) is 4.79 Å². The highest BCUT2D eigenvalue weighted by Gasteiger charge is 2.07. The third-order valence-electron chi connectivity index (χ3n) is 1.53. The summed E-state index contributed by atoms with van der Waals surface area (Å²) in [6, 6.07) is -0.944. The molecule has 1 atom stereocenters. The number of hydrogen-bond acceptors (Lipinski definition) is 5. The maximum absolute atomic E-state index is 10.1. The number of hydrogen-bond donors (Lipinski definition) is 4. The molecular weight excluding hydrogens is 175 g/mol. The molecule has 13 heavy (non-hydrogen) atoms. The van der Waals surface area contributed by atoms with E-state index in [9.17, 15) is 9.90 Å². The number of carbonyl (C=O) groups is 1. The van der Waals surface area contributed by atoms with Crippen LogP contribution in [0.4, 0.5) is 0 Å². The predicted molar refractivity (Wildman–Crippen MR) is 47.8 cm³/mol. The lowest BCUT2D eigenvalue weighted by Gasteiger charge is -2.11. The lowest BCUT2D eigenvalue weighted by molar-refractivity contribution is -0.307. The molecule has 0 aliphatic rings. The van der Waals surface area contributed by atoms with Gasteiger partial charge in [0.15, 0.2) is 0 Å². The molecule has 0 aromatic carbocycles. The Morgan fingerprint density at radius 2 is 2.00 bits per heavy atom. The van der Waals surface area contributed by atoms with Crippen LogP contribution in [0.15, 0.2) is 0 Å². The van der Waals surface area contributed by atoms with Crippen molar-refractivity contribution in [3.05, 3.63) is 0 Å². The van der Waals surface area contributed by atoms with Gasteiger partial charge in [0, 0.05) is 6.04 Å². The lowest BCUT2D eigenvalue weighted by Crippen LogP contribution is -2.41. The molecule has 0 aromatic rings. The third-order valence-corrected chi connectivity index (χ3v) is 1.53. The number of quaternary nitrogens is 1. The molecule has 0 saturated carbocycles. The van der Waals surface area contributed by atoms with Crippen LogP contribution in [0, 0.1) is 0 Å². The van der Waals surface area contributed by atoms with Crippen molar-refractivity contribution < 1.29 is 19.9 Å². The molecule has 0 radical (unpaired) electrons. The maximum Gasteiger partial charge on any atom is 0.451 e. The Bertz CT molecular complexity index is 145. The number of carboxylic acid groups (broad SMARTS) is 1. The molecule has 0 rings (SSSR count). The normalized spacial score (nSPS) is 11.6. The molecule has 78 valence electrons. The van der Waals surface area contributed by atoms with Crippen LogP contribution in [0.5, 0.6) is 0 Å². The van der Waals surface area contributed by atoms with Crippen molar-refractivity contribution in [1.82, 2.24) is 6.15 Å². The fourth-order valence-corrected chi connectivity index (χ4v) is 0.809. The largest absolute Gasteiger partial charge is 0.548 e. The molecule has 0 amide bonds. The van der Waals surface area contributed by atoms with Gasteiger partial charge in [-0.25, -0.2) is 0 Å². The van der Waals surface area contributed by atoms with Gasteiger partial charge in [-0.3, -0.25) is 0 Å². The van der Waals surface area contributed by atoms with E-state index in [1.165, 1.54) is 0 Å². The van der Waals surface area contributed by atoms with E-state index < -0.39 is 19.1 Å². The van der Waals surface area contributed by atoms with Gasteiger partial charge < -0.3 is 31.8 Å². The summed E-state index contributed by atoms with van der Waals surface area (Å²) in [5.41, 5.74) is 5.15.